The van der Waals surface area contributed by atoms with Crippen molar-refractivity contribution in [2.45, 2.75) is 32.8 Å². The summed E-state index contributed by atoms with van der Waals surface area (Å²) >= 11 is 0. The molecule has 0 aromatic carbocycles. The van der Waals surface area contributed by atoms with Crippen LogP contribution in [0.2, 0.25) is 0 Å². The van der Waals surface area contributed by atoms with Crippen molar-refractivity contribution in [1.82, 2.24) is 0 Å². The number of furan rings is 1. The van der Waals surface area contributed by atoms with Crippen LogP contribution in [0.1, 0.15) is 26.7 Å². The highest BCUT2D eigenvalue weighted by molar-refractivity contribution is 5.40. The Morgan fingerprint density at radius 1 is 1.31 bits per heavy atom. The highest BCUT2D eigenvalue weighted by Gasteiger charge is 2.06. The van der Waals surface area contributed by atoms with Gasteiger partial charge in [0, 0.05) is 0 Å². The minimum atomic E-state index is 0.206. The predicted octanol–water partition coefficient (Wildman–Crippen LogP) is 1.42. The van der Waals surface area contributed by atoms with E-state index in [9.17, 15) is 0 Å². The SMILES string of the molecule is CC(C)Oc1coc2c1=CCCC=2. The first kappa shape index (κ1) is 8.42. The topological polar surface area (TPSA) is 22.4 Å². The van der Waals surface area contributed by atoms with E-state index in [-0.39, 0.29) is 6.10 Å². The van der Waals surface area contributed by atoms with Crippen molar-refractivity contribution in [1.29, 1.82) is 0 Å². The molecule has 13 heavy (non-hydrogen) atoms. The molecule has 0 fully saturated rings. The molecule has 1 aliphatic rings. The zero-order valence-corrected chi connectivity index (χ0v) is 8.04. The molecule has 0 radical (unpaired) electrons. The first-order chi connectivity index (χ1) is 6.27. The van der Waals surface area contributed by atoms with Gasteiger partial charge in [0.25, 0.3) is 0 Å². The molecule has 0 saturated carbocycles. The molecule has 0 N–H and O–H groups in total. The largest absolute Gasteiger partial charge is 0.487 e. The minimum absolute atomic E-state index is 0.206. The first-order valence-electron chi connectivity index (χ1n) is 4.72. The summed E-state index contributed by atoms with van der Waals surface area (Å²) in [6.45, 7) is 4.04. The molecule has 1 aliphatic carbocycles. The number of rotatable bonds is 2. The lowest BCUT2D eigenvalue weighted by Gasteiger charge is -2.06. The van der Waals surface area contributed by atoms with Gasteiger partial charge in [0.15, 0.2) is 5.75 Å². The Bertz CT molecular complexity index is 398. The van der Waals surface area contributed by atoms with Crippen LogP contribution in [0, 0.1) is 0 Å². The van der Waals surface area contributed by atoms with E-state index in [1.54, 1.807) is 6.26 Å². The van der Waals surface area contributed by atoms with Crippen LogP contribution in [-0.2, 0) is 0 Å². The van der Waals surface area contributed by atoms with Gasteiger partial charge in [0.1, 0.15) is 11.7 Å². The highest BCUT2D eigenvalue weighted by Crippen LogP contribution is 2.06. The van der Waals surface area contributed by atoms with Crippen molar-refractivity contribution >= 4 is 12.2 Å². The maximum Gasteiger partial charge on any atom is 0.165 e. The molecule has 0 unspecified atom stereocenters. The maximum atomic E-state index is 5.61. The fraction of sp³-hybridized carbons (Fsp3) is 0.455. The Hall–Kier alpha value is -1.18. The normalized spacial score (nSPS) is 14.7. The number of fused-ring (bicyclic) bond motifs is 1. The molecule has 1 aromatic heterocycles. The molecule has 0 saturated heterocycles. The highest BCUT2D eigenvalue weighted by atomic mass is 16.5. The van der Waals surface area contributed by atoms with Gasteiger partial charge >= 0.3 is 0 Å². The van der Waals surface area contributed by atoms with Gasteiger partial charge in [-0.3, -0.25) is 0 Å². The van der Waals surface area contributed by atoms with Crippen LogP contribution >= 0.6 is 0 Å². The Labute approximate surface area is 77.5 Å². The van der Waals surface area contributed by atoms with Crippen LogP contribution in [0.25, 0.3) is 12.2 Å². The van der Waals surface area contributed by atoms with Crippen molar-refractivity contribution in [3.63, 3.8) is 0 Å². The van der Waals surface area contributed by atoms with E-state index in [1.807, 2.05) is 13.8 Å². The molecule has 0 bridgehead atoms. The van der Waals surface area contributed by atoms with Gasteiger partial charge in [-0.15, -0.1) is 0 Å². The second-order valence-corrected chi connectivity index (χ2v) is 3.53. The Morgan fingerprint density at radius 2 is 2.08 bits per heavy atom. The van der Waals surface area contributed by atoms with Crippen molar-refractivity contribution in [3.05, 3.63) is 16.9 Å². The van der Waals surface area contributed by atoms with Crippen molar-refractivity contribution in [2.24, 2.45) is 0 Å². The summed E-state index contributed by atoms with van der Waals surface area (Å²) in [6.07, 6.45) is 8.35. The fourth-order valence-electron chi connectivity index (χ4n) is 1.51. The molecular formula is C11H14O2. The standard InChI is InChI=1S/C11H14O2/c1-8(2)13-11-7-12-10-6-4-3-5-9(10)11/h5-8H,3-4H2,1-2H3. The molecule has 0 aliphatic heterocycles. The van der Waals surface area contributed by atoms with Gasteiger partial charge in [0.2, 0.25) is 0 Å². The van der Waals surface area contributed by atoms with E-state index in [4.69, 9.17) is 9.15 Å². The molecule has 1 heterocycles. The van der Waals surface area contributed by atoms with E-state index in [2.05, 4.69) is 12.2 Å². The minimum Gasteiger partial charge on any atom is -0.487 e. The Morgan fingerprint density at radius 3 is 2.85 bits per heavy atom. The van der Waals surface area contributed by atoms with E-state index in [0.29, 0.717) is 0 Å². The van der Waals surface area contributed by atoms with E-state index in [1.165, 1.54) is 0 Å². The second-order valence-electron chi connectivity index (χ2n) is 3.53. The van der Waals surface area contributed by atoms with Crippen LogP contribution in [0.4, 0.5) is 0 Å². The molecule has 2 nitrogen and oxygen atoms in total. The lowest BCUT2D eigenvalue weighted by Crippen LogP contribution is -2.24. The third-order valence-corrected chi connectivity index (χ3v) is 2.03. The summed E-state index contributed by atoms with van der Waals surface area (Å²) in [4.78, 5) is 0. The van der Waals surface area contributed by atoms with Gasteiger partial charge in [-0.1, -0.05) is 6.08 Å². The molecule has 2 heteroatoms. The zero-order valence-electron chi connectivity index (χ0n) is 8.04. The van der Waals surface area contributed by atoms with Crippen molar-refractivity contribution in [3.8, 4) is 5.75 Å². The molecule has 1 aromatic rings. The van der Waals surface area contributed by atoms with Crippen molar-refractivity contribution in [2.75, 3.05) is 0 Å². The van der Waals surface area contributed by atoms with Crippen LogP contribution in [-0.4, -0.2) is 6.10 Å². The van der Waals surface area contributed by atoms with Gasteiger partial charge in [-0.25, -0.2) is 0 Å². The Kier molecular flexibility index (Phi) is 2.13. The molecule has 0 atom stereocenters. The van der Waals surface area contributed by atoms with Crippen molar-refractivity contribution < 1.29 is 9.15 Å². The van der Waals surface area contributed by atoms with E-state index < -0.39 is 0 Å². The predicted molar refractivity (Wildman–Crippen MR) is 51.9 cm³/mol. The average molecular weight is 178 g/mol. The number of hydrogen-bond donors (Lipinski definition) is 0. The zero-order chi connectivity index (χ0) is 9.26. The van der Waals surface area contributed by atoms with Gasteiger partial charge in [0.05, 0.1) is 11.3 Å². The first-order valence-corrected chi connectivity index (χ1v) is 4.72. The van der Waals surface area contributed by atoms with Crippen LogP contribution in [0.15, 0.2) is 10.7 Å². The third-order valence-electron chi connectivity index (χ3n) is 2.03. The quantitative estimate of drug-likeness (QED) is 0.683. The molecule has 0 spiro atoms. The van der Waals surface area contributed by atoms with Gasteiger partial charge < -0.3 is 9.15 Å². The molecule has 70 valence electrons. The summed E-state index contributed by atoms with van der Waals surface area (Å²) in [5, 5.41) is 1.12. The average Bonchev–Trinajstić information content (AvgIpc) is 2.48. The summed E-state index contributed by atoms with van der Waals surface area (Å²) in [5.41, 5.74) is 0.960. The monoisotopic (exact) mass is 178 g/mol. The fourth-order valence-corrected chi connectivity index (χ4v) is 1.51. The third kappa shape index (κ3) is 1.62. The molecular weight excluding hydrogens is 164 g/mol. The summed E-state index contributed by atoms with van der Waals surface area (Å²) in [7, 11) is 0. The van der Waals surface area contributed by atoms with Crippen LogP contribution < -0.4 is 15.4 Å². The molecule has 2 rings (SSSR count). The number of hydrogen-bond acceptors (Lipinski definition) is 2. The second kappa shape index (κ2) is 3.29. The van der Waals surface area contributed by atoms with E-state index in [0.717, 1.165) is 29.2 Å². The van der Waals surface area contributed by atoms with Crippen LogP contribution in [0.3, 0.4) is 0 Å². The van der Waals surface area contributed by atoms with Gasteiger partial charge in [-0.05, 0) is 32.8 Å². The van der Waals surface area contributed by atoms with Crippen LogP contribution in [0.5, 0.6) is 5.75 Å². The summed E-state index contributed by atoms with van der Waals surface area (Å²) < 4.78 is 11.0. The van der Waals surface area contributed by atoms with Gasteiger partial charge in [-0.2, -0.15) is 0 Å². The molecule has 0 amide bonds. The number of ether oxygens (including phenoxy) is 1. The lowest BCUT2D eigenvalue weighted by atomic mass is 10.2. The smallest absolute Gasteiger partial charge is 0.165 e. The summed E-state index contributed by atoms with van der Waals surface area (Å²) in [5.74, 6) is 0.876. The van der Waals surface area contributed by atoms with E-state index >= 15 is 0 Å². The lowest BCUT2D eigenvalue weighted by molar-refractivity contribution is 0.238. The Balaban J connectivity index is 2.44. The summed E-state index contributed by atoms with van der Waals surface area (Å²) in [6, 6.07) is 0. The maximum absolute atomic E-state index is 5.61.